The van der Waals surface area contributed by atoms with Crippen molar-refractivity contribution in [1.82, 2.24) is 0 Å². The van der Waals surface area contributed by atoms with Crippen LogP contribution in [0.2, 0.25) is 0 Å². The number of rotatable bonds is 62. The van der Waals surface area contributed by atoms with Crippen LogP contribution in [0.25, 0.3) is 0 Å². The molecule has 0 aromatic carbocycles. The molecule has 0 saturated heterocycles. The Kier molecular flexibility index (Phi) is 58.0. The normalized spacial score (nSPS) is 13.5. The molecule has 0 aliphatic heterocycles. The second kappa shape index (κ2) is 59.6. The summed E-state index contributed by atoms with van der Waals surface area (Å²) in [6.07, 6.45) is 76.4. The van der Waals surface area contributed by atoms with E-state index in [1.54, 1.807) is 0 Å². The van der Waals surface area contributed by atoms with E-state index in [1.807, 2.05) is 21.1 Å². The highest BCUT2D eigenvalue weighted by molar-refractivity contribution is 7.47. The Morgan fingerprint density at radius 2 is 0.731 bits per heavy atom. The quantitative estimate of drug-likeness (QED) is 0.0211. The first-order chi connectivity index (χ1) is 38.0. The van der Waals surface area contributed by atoms with E-state index in [1.165, 1.54) is 231 Å². The molecule has 2 atom stereocenters. The number of quaternary nitrogens is 1. The Morgan fingerprint density at radius 1 is 0.410 bits per heavy atom. The van der Waals surface area contributed by atoms with E-state index in [2.05, 4.69) is 62.5 Å². The monoisotopic (exact) mass is 1120 g/mol. The van der Waals surface area contributed by atoms with Gasteiger partial charge in [0, 0.05) is 12.8 Å². The molecule has 10 heteroatoms. The average molecular weight is 1120 g/mol. The predicted octanol–water partition coefficient (Wildman–Crippen LogP) is 21.3. The van der Waals surface area contributed by atoms with E-state index < -0.39 is 26.5 Å². The zero-order chi connectivity index (χ0) is 57.0. The van der Waals surface area contributed by atoms with Gasteiger partial charge in [0.05, 0.1) is 27.7 Å². The Labute approximate surface area is 484 Å². The molecule has 0 aliphatic rings. The molecule has 0 rings (SSSR count). The number of hydrogen-bond donors (Lipinski definition) is 1. The smallest absolute Gasteiger partial charge is 0.462 e. The van der Waals surface area contributed by atoms with Crippen LogP contribution in [0.4, 0.5) is 0 Å². The van der Waals surface area contributed by atoms with Crippen molar-refractivity contribution in [2.24, 2.45) is 0 Å². The summed E-state index contributed by atoms with van der Waals surface area (Å²) in [7, 11) is 1.50. The van der Waals surface area contributed by atoms with Crippen LogP contribution in [-0.4, -0.2) is 74.9 Å². The number of phosphoric ester groups is 1. The summed E-state index contributed by atoms with van der Waals surface area (Å²) in [4.78, 5) is 35.8. The molecule has 0 saturated carbocycles. The number of esters is 2. The van der Waals surface area contributed by atoms with Crippen molar-refractivity contribution in [3.05, 3.63) is 48.6 Å². The summed E-state index contributed by atoms with van der Waals surface area (Å²) in [5, 5.41) is 0. The number of ether oxygens (including phenoxy) is 2. The summed E-state index contributed by atoms with van der Waals surface area (Å²) in [5.41, 5.74) is 0. The maximum Gasteiger partial charge on any atom is 0.472 e. The van der Waals surface area contributed by atoms with Gasteiger partial charge in [-0.15, -0.1) is 0 Å². The number of phosphoric acid groups is 1. The van der Waals surface area contributed by atoms with E-state index in [4.69, 9.17) is 18.5 Å². The minimum Gasteiger partial charge on any atom is -0.462 e. The summed E-state index contributed by atoms with van der Waals surface area (Å²) in [6, 6.07) is 0. The number of nitrogens with zero attached hydrogens (tertiary/aromatic N) is 1. The molecule has 0 aliphatic carbocycles. The molecule has 1 N–H and O–H groups in total. The lowest BCUT2D eigenvalue weighted by Gasteiger charge is -2.24. The van der Waals surface area contributed by atoms with Gasteiger partial charge in [0.15, 0.2) is 6.10 Å². The second-order valence-corrected chi connectivity index (χ2v) is 25.3. The van der Waals surface area contributed by atoms with Crippen molar-refractivity contribution in [3.63, 3.8) is 0 Å². The lowest BCUT2D eigenvalue weighted by Crippen LogP contribution is -2.37. The molecule has 0 bridgehead atoms. The zero-order valence-corrected chi connectivity index (χ0v) is 53.1. The van der Waals surface area contributed by atoms with Crippen LogP contribution in [0.3, 0.4) is 0 Å². The Hall–Kier alpha value is -2.03. The third-order valence-electron chi connectivity index (χ3n) is 14.9. The molecule has 0 amide bonds. The van der Waals surface area contributed by atoms with Crippen LogP contribution < -0.4 is 0 Å². The fourth-order valence-electron chi connectivity index (χ4n) is 9.78. The first-order valence-corrected chi connectivity index (χ1v) is 34.9. The first kappa shape index (κ1) is 76.0. The van der Waals surface area contributed by atoms with Gasteiger partial charge in [-0.3, -0.25) is 18.6 Å². The van der Waals surface area contributed by atoms with Gasteiger partial charge in [-0.25, -0.2) is 4.57 Å². The molecule has 0 radical (unpaired) electrons. The van der Waals surface area contributed by atoms with Crippen LogP contribution >= 0.6 is 7.82 Å². The standard InChI is InChI=1S/C68H128NO8P/c1-6-8-10-12-14-16-18-20-22-24-26-27-28-29-30-31-32-33-34-35-36-37-38-39-40-41-43-45-47-49-51-53-55-57-59-61-68(71)77-66(65-76-78(72,73)75-63-62-69(3,4)5)64-74-67(70)60-58-56-54-52-50-48-46-44-42-25-23-21-19-17-15-13-11-9-7-2/h8,10,14,16,20,22,26-27,66H,6-7,9,11-13,15,17-19,21,23-25,28-65H2,1-5H3/p+1/b10-8-,16-14-,22-20-,27-26-. The molecule has 0 heterocycles. The van der Waals surface area contributed by atoms with Gasteiger partial charge >= 0.3 is 19.8 Å². The highest BCUT2D eigenvalue weighted by Crippen LogP contribution is 2.43. The summed E-state index contributed by atoms with van der Waals surface area (Å²) < 4.78 is 34.7. The van der Waals surface area contributed by atoms with Crippen molar-refractivity contribution in [3.8, 4) is 0 Å². The highest BCUT2D eigenvalue weighted by Gasteiger charge is 2.27. The molecule has 0 fully saturated rings. The van der Waals surface area contributed by atoms with Gasteiger partial charge in [0.1, 0.15) is 19.8 Å². The van der Waals surface area contributed by atoms with Crippen LogP contribution in [0.15, 0.2) is 48.6 Å². The largest absolute Gasteiger partial charge is 0.472 e. The minimum atomic E-state index is -4.38. The molecular formula is C68H129NO8P+. The van der Waals surface area contributed by atoms with E-state index in [0.717, 1.165) is 57.8 Å². The molecule has 0 aromatic heterocycles. The van der Waals surface area contributed by atoms with Crippen LogP contribution in [0.1, 0.15) is 322 Å². The van der Waals surface area contributed by atoms with Crippen LogP contribution in [-0.2, 0) is 32.7 Å². The summed E-state index contributed by atoms with van der Waals surface area (Å²) >= 11 is 0. The molecule has 9 nitrogen and oxygen atoms in total. The fourth-order valence-corrected chi connectivity index (χ4v) is 10.5. The molecule has 0 aromatic rings. The number of allylic oxidation sites excluding steroid dienone is 8. The van der Waals surface area contributed by atoms with Gasteiger partial charge in [-0.05, 0) is 51.4 Å². The van der Waals surface area contributed by atoms with Gasteiger partial charge < -0.3 is 18.9 Å². The molecular weight excluding hydrogens is 990 g/mol. The van der Waals surface area contributed by atoms with Crippen molar-refractivity contribution in [2.75, 3.05) is 47.5 Å². The third-order valence-corrected chi connectivity index (χ3v) is 15.9. The van der Waals surface area contributed by atoms with Crippen molar-refractivity contribution >= 4 is 19.8 Å². The third kappa shape index (κ3) is 63.2. The minimum absolute atomic E-state index is 0.0348. The van der Waals surface area contributed by atoms with Gasteiger partial charge in [0.2, 0.25) is 0 Å². The van der Waals surface area contributed by atoms with Gasteiger partial charge in [0.25, 0.3) is 0 Å². The summed E-state index contributed by atoms with van der Waals surface area (Å²) in [6.45, 7) is 4.38. The SMILES string of the molecule is CC/C=C\C/C=C\C/C=C\C/C=C\CCCCCCCCCCCCCCCCCCCCCCCCC(=O)OC(COC(=O)CCCCCCCCCCCCCCCCCCCCC)COP(=O)(O)OCC[N+](C)(C)C. The van der Waals surface area contributed by atoms with E-state index >= 15 is 0 Å². The topological polar surface area (TPSA) is 108 Å². The predicted molar refractivity (Wildman–Crippen MR) is 335 cm³/mol. The number of unbranched alkanes of at least 4 members (excludes halogenated alkanes) is 40. The number of carbonyl (C=O) groups excluding carboxylic acids is 2. The van der Waals surface area contributed by atoms with E-state index in [9.17, 15) is 19.0 Å². The molecule has 2 unspecified atom stereocenters. The lowest BCUT2D eigenvalue weighted by atomic mass is 10.0. The maximum atomic E-state index is 12.9. The maximum absolute atomic E-state index is 12.9. The average Bonchev–Trinajstić information content (AvgIpc) is 3.41. The van der Waals surface area contributed by atoms with Crippen molar-refractivity contribution in [2.45, 2.75) is 328 Å². The Morgan fingerprint density at radius 3 is 1.09 bits per heavy atom. The number of carbonyl (C=O) groups is 2. The van der Waals surface area contributed by atoms with Crippen molar-refractivity contribution < 1.29 is 42.1 Å². The molecule has 78 heavy (non-hydrogen) atoms. The number of likely N-dealkylation sites (N-methyl/N-ethyl adjacent to an activating group) is 1. The zero-order valence-electron chi connectivity index (χ0n) is 52.2. The summed E-state index contributed by atoms with van der Waals surface area (Å²) in [5.74, 6) is -0.777. The Bertz CT molecular complexity index is 1460. The van der Waals surface area contributed by atoms with Crippen LogP contribution in [0, 0.1) is 0 Å². The fraction of sp³-hybridized carbons (Fsp3) is 0.853. The van der Waals surface area contributed by atoms with Gasteiger partial charge in [-0.1, -0.05) is 306 Å². The first-order valence-electron chi connectivity index (χ1n) is 33.4. The van der Waals surface area contributed by atoms with Crippen molar-refractivity contribution in [1.29, 1.82) is 0 Å². The molecule has 458 valence electrons. The van der Waals surface area contributed by atoms with Gasteiger partial charge in [-0.2, -0.15) is 0 Å². The number of hydrogen-bond acceptors (Lipinski definition) is 7. The molecule has 0 spiro atoms. The van der Waals surface area contributed by atoms with E-state index in [-0.39, 0.29) is 25.6 Å². The van der Waals surface area contributed by atoms with Crippen LogP contribution in [0.5, 0.6) is 0 Å². The van der Waals surface area contributed by atoms with E-state index in [0.29, 0.717) is 23.9 Å². The Balaban J connectivity index is 3.97. The highest BCUT2D eigenvalue weighted by atomic mass is 31.2. The second-order valence-electron chi connectivity index (χ2n) is 23.8. The lowest BCUT2D eigenvalue weighted by molar-refractivity contribution is -0.870.